The molecule has 106 valence electrons. The summed E-state index contributed by atoms with van der Waals surface area (Å²) in [6.45, 7) is 1.17. The van der Waals surface area contributed by atoms with E-state index in [1.807, 2.05) is 0 Å². The molecule has 0 aliphatic carbocycles. The first kappa shape index (κ1) is 15.3. The summed E-state index contributed by atoms with van der Waals surface area (Å²) in [7, 11) is -0.813. The Labute approximate surface area is 113 Å². The Morgan fingerprint density at radius 3 is 2.21 bits per heavy atom. The molecule has 0 saturated heterocycles. The van der Waals surface area contributed by atoms with Crippen LogP contribution in [0.5, 0.6) is 5.75 Å². The molecule has 0 aliphatic rings. The standard InChI is InChI=1S/C12H17NO5S/c1-4-19(15,16)13(9-12(14)18-3)10-5-7-11(17-2)8-6-10/h5-8H,4,9H2,1-3H3. The fraction of sp³-hybridized carbons (Fsp3) is 0.417. The van der Waals surface area contributed by atoms with Crippen LogP contribution in [-0.4, -0.2) is 40.9 Å². The van der Waals surface area contributed by atoms with Crippen LogP contribution < -0.4 is 9.04 Å². The van der Waals surface area contributed by atoms with Gasteiger partial charge in [-0.25, -0.2) is 8.42 Å². The molecule has 1 rings (SSSR count). The quantitative estimate of drug-likeness (QED) is 0.730. The maximum atomic E-state index is 12.0. The van der Waals surface area contributed by atoms with Gasteiger partial charge < -0.3 is 9.47 Å². The Morgan fingerprint density at radius 2 is 1.79 bits per heavy atom. The molecule has 0 atom stereocenters. The first-order valence-electron chi connectivity index (χ1n) is 5.66. The van der Waals surface area contributed by atoms with Crippen molar-refractivity contribution in [3.63, 3.8) is 0 Å². The van der Waals surface area contributed by atoms with Crippen LogP contribution in [-0.2, 0) is 19.6 Å². The van der Waals surface area contributed by atoms with Gasteiger partial charge in [0.1, 0.15) is 12.3 Å². The first-order valence-corrected chi connectivity index (χ1v) is 7.26. The summed E-state index contributed by atoms with van der Waals surface area (Å²) in [6.07, 6.45) is 0. The van der Waals surface area contributed by atoms with Crippen molar-refractivity contribution in [1.82, 2.24) is 0 Å². The molecule has 19 heavy (non-hydrogen) atoms. The average molecular weight is 287 g/mol. The van der Waals surface area contributed by atoms with Crippen LogP contribution >= 0.6 is 0 Å². The summed E-state index contributed by atoms with van der Waals surface area (Å²) < 4.78 is 34.5. The average Bonchev–Trinajstić information content (AvgIpc) is 2.44. The van der Waals surface area contributed by atoms with Crippen molar-refractivity contribution in [3.05, 3.63) is 24.3 Å². The first-order chi connectivity index (χ1) is 8.94. The summed E-state index contributed by atoms with van der Waals surface area (Å²) in [4.78, 5) is 11.3. The van der Waals surface area contributed by atoms with E-state index in [1.54, 1.807) is 24.3 Å². The van der Waals surface area contributed by atoms with Gasteiger partial charge in [-0.1, -0.05) is 0 Å². The molecule has 0 fully saturated rings. The third-order valence-electron chi connectivity index (χ3n) is 2.56. The number of carbonyl (C=O) groups excluding carboxylic acids is 1. The minimum Gasteiger partial charge on any atom is -0.497 e. The minimum atomic E-state index is -3.55. The van der Waals surface area contributed by atoms with Crippen LogP contribution in [0, 0.1) is 0 Å². The van der Waals surface area contributed by atoms with Crippen molar-refractivity contribution >= 4 is 21.7 Å². The molecular weight excluding hydrogens is 270 g/mol. The van der Waals surface area contributed by atoms with Gasteiger partial charge in [0.2, 0.25) is 10.0 Å². The van der Waals surface area contributed by atoms with Gasteiger partial charge in [-0.05, 0) is 31.2 Å². The van der Waals surface area contributed by atoms with Gasteiger partial charge >= 0.3 is 5.97 Å². The fourth-order valence-corrected chi connectivity index (χ4v) is 2.49. The lowest BCUT2D eigenvalue weighted by atomic mass is 10.3. The summed E-state index contributed by atoms with van der Waals surface area (Å²) in [5.41, 5.74) is 0.396. The van der Waals surface area contributed by atoms with E-state index >= 15 is 0 Å². The lowest BCUT2D eigenvalue weighted by Gasteiger charge is -2.22. The van der Waals surface area contributed by atoms with Crippen molar-refractivity contribution in [2.45, 2.75) is 6.92 Å². The third-order valence-corrected chi connectivity index (χ3v) is 4.30. The van der Waals surface area contributed by atoms with Gasteiger partial charge in [-0.2, -0.15) is 0 Å². The minimum absolute atomic E-state index is 0.101. The topological polar surface area (TPSA) is 72.9 Å². The van der Waals surface area contributed by atoms with E-state index in [2.05, 4.69) is 4.74 Å². The van der Waals surface area contributed by atoms with Crippen LogP contribution in [0.2, 0.25) is 0 Å². The van der Waals surface area contributed by atoms with E-state index in [4.69, 9.17) is 4.74 Å². The maximum absolute atomic E-state index is 12.0. The van der Waals surface area contributed by atoms with Gasteiger partial charge in [-0.15, -0.1) is 0 Å². The molecule has 7 heteroatoms. The molecule has 0 N–H and O–H groups in total. The molecule has 0 spiro atoms. The highest BCUT2D eigenvalue weighted by Gasteiger charge is 2.23. The highest BCUT2D eigenvalue weighted by molar-refractivity contribution is 7.92. The molecule has 0 heterocycles. The molecular formula is C12H17NO5S. The maximum Gasteiger partial charge on any atom is 0.326 e. The molecule has 0 aliphatic heterocycles. The normalized spacial score (nSPS) is 10.9. The number of sulfonamides is 1. The summed E-state index contributed by atoms with van der Waals surface area (Å²) in [5.74, 6) is -0.112. The summed E-state index contributed by atoms with van der Waals surface area (Å²) >= 11 is 0. The molecule has 0 radical (unpaired) electrons. The van der Waals surface area contributed by atoms with E-state index < -0.39 is 16.0 Å². The number of carbonyl (C=O) groups is 1. The van der Waals surface area contributed by atoms with E-state index in [0.717, 1.165) is 4.31 Å². The Hall–Kier alpha value is -1.76. The molecule has 1 aromatic rings. The summed E-state index contributed by atoms with van der Waals surface area (Å²) in [5, 5.41) is 0. The van der Waals surface area contributed by atoms with Gasteiger partial charge in [-0.3, -0.25) is 9.10 Å². The van der Waals surface area contributed by atoms with Crippen molar-refractivity contribution in [2.24, 2.45) is 0 Å². The number of ether oxygens (including phenoxy) is 2. The van der Waals surface area contributed by atoms with E-state index in [0.29, 0.717) is 11.4 Å². The second kappa shape index (κ2) is 6.42. The van der Waals surface area contributed by atoms with Crippen molar-refractivity contribution in [3.8, 4) is 5.75 Å². The smallest absolute Gasteiger partial charge is 0.326 e. The van der Waals surface area contributed by atoms with Crippen LogP contribution in [0.15, 0.2) is 24.3 Å². The number of anilines is 1. The molecule has 6 nitrogen and oxygen atoms in total. The number of hydrogen-bond donors (Lipinski definition) is 0. The van der Waals surface area contributed by atoms with Crippen molar-refractivity contribution in [1.29, 1.82) is 0 Å². The molecule has 0 unspecified atom stereocenters. The zero-order valence-corrected chi connectivity index (χ0v) is 11.9. The van der Waals surface area contributed by atoms with Crippen LogP contribution in [0.3, 0.4) is 0 Å². The number of esters is 1. The van der Waals surface area contributed by atoms with Crippen LogP contribution in [0.25, 0.3) is 0 Å². The van der Waals surface area contributed by atoms with E-state index in [9.17, 15) is 13.2 Å². The summed E-state index contributed by atoms with van der Waals surface area (Å²) in [6, 6.07) is 6.42. The van der Waals surface area contributed by atoms with Crippen molar-refractivity contribution < 1.29 is 22.7 Å². The lowest BCUT2D eigenvalue weighted by molar-refractivity contribution is -0.138. The third kappa shape index (κ3) is 3.85. The Balaban J connectivity index is 3.11. The number of hydrogen-bond acceptors (Lipinski definition) is 5. The second-order valence-electron chi connectivity index (χ2n) is 3.68. The Morgan fingerprint density at radius 1 is 1.21 bits per heavy atom. The zero-order chi connectivity index (χ0) is 14.5. The van der Waals surface area contributed by atoms with E-state index in [-0.39, 0.29) is 12.3 Å². The number of benzene rings is 1. The lowest BCUT2D eigenvalue weighted by Crippen LogP contribution is -2.37. The van der Waals surface area contributed by atoms with Crippen LogP contribution in [0.4, 0.5) is 5.69 Å². The Kier molecular flexibility index (Phi) is 5.17. The molecule has 0 aromatic heterocycles. The molecule has 0 bridgehead atoms. The fourth-order valence-electron chi connectivity index (χ4n) is 1.44. The number of rotatable bonds is 6. The number of methoxy groups -OCH3 is 2. The monoisotopic (exact) mass is 287 g/mol. The number of nitrogens with zero attached hydrogens (tertiary/aromatic N) is 1. The van der Waals surface area contributed by atoms with Gasteiger partial charge in [0, 0.05) is 0 Å². The highest BCUT2D eigenvalue weighted by atomic mass is 32.2. The van der Waals surface area contributed by atoms with Gasteiger partial charge in [0.25, 0.3) is 0 Å². The molecule has 1 aromatic carbocycles. The zero-order valence-electron chi connectivity index (χ0n) is 11.1. The van der Waals surface area contributed by atoms with Gasteiger partial charge in [0.15, 0.2) is 0 Å². The van der Waals surface area contributed by atoms with Crippen LogP contribution in [0.1, 0.15) is 6.92 Å². The largest absolute Gasteiger partial charge is 0.497 e. The highest BCUT2D eigenvalue weighted by Crippen LogP contribution is 2.22. The van der Waals surface area contributed by atoms with Gasteiger partial charge in [0.05, 0.1) is 25.7 Å². The molecule has 0 saturated carbocycles. The van der Waals surface area contributed by atoms with E-state index in [1.165, 1.54) is 21.1 Å². The SMILES string of the molecule is CCS(=O)(=O)N(CC(=O)OC)c1ccc(OC)cc1. The molecule has 0 amide bonds. The Bertz CT molecular complexity index is 524. The predicted molar refractivity (Wildman–Crippen MR) is 71.8 cm³/mol. The van der Waals surface area contributed by atoms with Crippen molar-refractivity contribution in [2.75, 3.05) is 30.8 Å². The second-order valence-corrected chi connectivity index (χ2v) is 5.86. The predicted octanol–water partition coefficient (Wildman–Crippen LogP) is 1.02.